The number of piperazine rings is 1. The van der Waals surface area contributed by atoms with Crippen LogP contribution in [-0.4, -0.2) is 88.4 Å². The SMILES string of the molecule is CN1CCN(CC2CCN(C(=O)Nc3ccc(-c4ncn(C)n4)cc3)CC2)CC1. The molecule has 0 atom stereocenters. The Kier molecular flexibility index (Phi) is 6.10. The zero-order valence-electron chi connectivity index (χ0n) is 17.4. The van der Waals surface area contributed by atoms with E-state index in [0.717, 1.165) is 50.3 Å². The van der Waals surface area contributed by atoms with Gasteiger partial charge < -0.3 is 20.0 Å². The predicted octanol–water partition coefficient (Wildman–Crippen LogP) is 1.97. The lowest BCUT2D eigenvalue weighted by atomic mass is 9.96. The first-order chi connectivity index (χ1) is 14.1. The number of aryl methyl sites for hydroxylation is 1. The van der Waals surface area contributed by atoms with Crippen molar-refractivity contribution >= 4 is 11.7 Å². The van der Waals surface area contributed by atoms with Crippen LogP contribution in [0.5, 0.6) is 0 Å². The topological polar surface area (TPSA) is 69.5 Å². The Labute approximate surface area is 172 Å². The number of nitrogens with one attached hydrogen (secondary N) is 1. The van der Waals surface area contributed by atoms with Gasteiger partial charge in [-0.3, -0.25) is 4.68 Å². The highest BCUT2D eigenvalue weighted by Gasteiger charge is 2.25. The Hall–Kier alpha value is -2.45. The van der Waals surface area contributed by atoms with Gasteiger partial charge in [0.05, 0.1) is 0 Å². The summed E-state index contributed by atoms with van der Waals surface area (Å²) in [5.74, 6) is 1.39. The fraction of sp³-hybridized carbons (Fsp3) is 0.571. The minimum absolute atomic E-state index is 0.00763. The summed E-state index contributed by atoms with van der Waals surface area (Å²) in [4.78, 5) is 23.8. The van der Waals surface area contributed by atoms with E-state index in [9.17, 15) is 4.79 Å². The van der Waals surface area contributed by atoms with Crippen molar-refractivity contribution in [3.63, 3.8) is 0 Å². The van der Waals surface area contributed by atoms with Gasteiger partial charge in [0.2, 0.25) is 0 Å². The minimum Gasteiger partial charge on any atom is -0.325 e. The van der Waals surface area contributed by atoms with E-state index in [2.05, 4.69) is 32.2 Å². The molecule has 0 saturated carbocycles. The molecule has 0 radical (unpaired) electrons. The van der Waals surface area contributed by atoms with Gasteiger partial charge in [0.1, 0.15) is 6.33 Å². The molecule has 0 unspecified atom stereocenters. The number of nitrogens with zero attached hydrogens (tertiary/aromatic N) is 6. The summed E-state index contributed by atoms with van der Waals surface area (Å²) >= 11 is 0. The van der Waals surface area contributed by atoms with Crippen LogP contribution in [-0.2, 0) is 7.05 Å². The molecule has 156 valence electrons. The van der Waals surface area contributed by atoms with Crippen molar-refractivity contribution < 1.29 is 4.79 Å². The summed E-state index contributed by atoms with van der Waals surface area (Å²) in [6, 6.07) is 7.68. The highest BCUT2D eigenvalue weighted by atomic mass is 16.2. The highest BCUT2D eigenvalue weighted by Crippen LogP contribution is 2.21. The third kappa shape index (κ3) is 5.13. The largest absolute Gasteiger partial charge is 0.325 e. The molecule has 0 bridgehead atoms. The number of hydrogen-bond donors (Lipinski definition) is 1. The Bertz CT molecular complexity index is 803. The maximum atomic E-state index is 12.6. The number of aromatic nitrogens is 3. The molecule has 1 N–H and O–H groups in total. The van der Waals surface area contributed by atoms with Crippen molar-refractivity contribution in [2.24, 2.45) is 13.0 Å². The number of likely N-dealkylation sites (tertiary alicyclic amines) is 1. The summed E-state index contributed by atoms with van der Waals surface area (Å²) < 4.78 is 1.68. The van der Waals surface area contributed by atoms with Gasteiger partial charge in [-0.2, -0.15) is 5.10 Å². The molecular formula is C21H31N7O. The van der Waals surface area contributed by atoms with Gasteiger partial charge in [-0.1, -0.05) is 0 Å². The molecule has 4 rings (SSSR count). The number of piperidine rings is 1. The first-order valence-corrected chi connectivity index (χ1v) is 10.5. The van der Waals surface area contributed by atoms with Crippen LogP contribution in [0.15, 0.2) is 30.6 Å². The van der Waals surface area contributed by atoms with Crippen molar-refractivity contribution in [3.05, 3.63) is 30.6 Å². The summed E-state index contributed by atoms with van der Waals surface area (Å²) in [6.07, 6.45) is 3.85. The third-order valence-electron chi connectivity index (χ3n) is 6.01. The van der Waals surface area contributed by atoms with Crippen molar-refractivity contribution in [2.45, 2.75) is 12.8 Å². The minimum atomic E-state index is -0.00763. The monoisotopic (exact) mass is 397 g/mol. The standard InChI is InChI=1S/C21H31N7O/c1-25-11-13-27(14-12-25)15-17-7-9-28(10-8-17)21(29)23-19-5-3-18(4-6-19)20-22-16-26(2)24-20/h3-6,16-17H,7-15H2,1-2H3,(H,23,29). The zero-order chi connectivity index (χ0) is 20.2. The first kappa shape index (κ1) is 19.8. The van der Waals surface area contributed by atoms with Crippen LogP contribution < -0.4 is 5.32 Å². The molecule has 0 spiro atoms. The Balaban J connectivity index is 1.23. The van der Waals surface area contributed by atoms with Gasteiger partial charge >= 0.3 is 6.03 Å². The zero-order valence-corrected chi connectivity index (χ0v) is 17.4. The second-order valence-electron chi connectivity index (χ2n) is 8.28. The van der Waals surface area contributed by atoms with Crippen LogP contribution in [0.4, 0.5) is 10.5 Å². The van der Waals surface area contributed by atoms with Crippen LogP contribution in [0.3, 0.4) is 0 Å². The van der Waals surface area contributed by atoms with E-state index in [0.29, 0.717) is 11.7 Å². The molecule has 0 aliphatic carbocycles. The van der Waals surface area contributed by atoms with Crippen LogP contribution in [0.1, 0.15) is 12.8 Å². The summed E-state index contributed by atoms with van der Waals surface area (Å²) in [5, 5.41) is 7.32. The van der Waals surface area contributed by atoms with Crippen LogP contribution in [0.2, 0.25) is 0 Å². The first-order valence-electron chi connectivity index (χ1n) is 10.5. The number of likely N-dealkylation sites (N-methyl/N-ethyl adjacent to an activating group) is 1. The smallest absolute Gasteiger partial charge is 0.321 e. The van der Waals surface area contributed by atoms with E-state index in [-0.39, 0.29) is 6.03 Å². The number of benzene rings is 1. The summed E-state index contributed by atoms with van der Waals surface area (Å²) in [7, 11) is 4.04. The molecule has 2 aromatic rings. The number of urea groups is 1. The second-order valence-corrected chi connectivity index (χ2v) is 8.28. The molecule has 29 heavy (non-hydrogen) atoms. The number of rotatable bonds is 4. The number of carbonyl (C=O) groups is 1. The van der Waals surface area contributed by atoms with Gasteiger partial charge in [-0.05, 0) is 50.1 Å². The van der Waals surface area contributed by atoms with Crippen LogP contribution >= 0.6 is 0 Å². The normalized spacial score (nSPS) is 19.4. The van der Waals surface area contributed by atoms with E-state index in [1.54, 1.807) is 11.0 Å². The Morgan fingerprint density at radius 1 is 1.03 bits per heavy atom. The van der Waals surface area contributed by atoms with Gasteiger partial charge in [-0.15, -0.1) is 0 Å². The maximum absolute atomic E-state index is 12.6. The lowest BCUT2D eigenvalue weighted by Crippen LogP contribution is -2.48. The van der Waals surface area contributed by atoms with Gasteiger partial charge in [0.15, 0.2) is 5.82 Å². The quantitative estimate of drug-likeness (QED) is 0.854. The van der Waals surface area contributed by atoms with Crippen LogP contribution in [0, 0.1) is 5.92 Å². The third-order valence-corrected chi connectivity index (χ3v) is 6.01. The Morgan fingerprint density at radius 2 is 1.72 bits per heavy atom. The van der Waals surface area contributed by atoms with Gasteiger partial charge in [0, 0.05) is 64.1 Å². The van der Waals surface area contributed by atoms with Crippen molar-refractivity contribution in [3.8, 4) is 11.4 Å². The second kappa shape index (κ2) is 8.92. The van der Waals surface area contributed by atoms with Gasteiger partial charge in [-0.25, -0.2) is 9.78 Å². The lowest BCUT2D eigenvalue weighted by Gasteiger charge is -2.37. The molecule has 1 aromatic carbocycles. The van der Waals surface area contributed by atoms with E-state index >= 15 is 0 Å². The van der Waals surface area contributed by atoms with E-state index in [1.165, 1.54) is 19.6 Å². The molecule has 2 fully saturated rings. The molecule has 2 saturated heterocycles. The molecule has 2 aliphatic rings. The number of anilines is 1. The molecule has 8 heteroatoms. The summed E-state index contributed by atoms with van der Waals surface area (Å²) in [5.41, 5.74) is 1.74. The molecule has 3 heterocycles. The number of amides is 2. The lowest BCUT2D eigenvalue weighted by molar-refractivity contribution is 0.113. The van der Waals surface area contributed by atoms with E-state index in [4.69, 9.17) is 0 Å². The fourth-order valence-corrected chi connectivity index (χ4v) is 4.09. The van der Waals surface area contributed by atoms with Crippen LogP contribution in [0.25, 0.3) is 11.4 Å². The molecule has 2 aliphatic heterocycles. The van der Waals surface area contributed by atoms with Crippen molar-refractivity contribution in [1.82, 2.24) is 29.5 Å². The number of hydrogen-bond acceptors (Lipinski definition) is 5. The molecule has 1 aromatic heterocycles. The average molecular weight is 398 g/mol. The number of carbonyl (C=O) groups excluding carboxylic acids is 1. The van der Waals surface area contributed by atoms with Crippen molar-refractivity contribution in [2.75, 3.05) is 58.2 Å². The fourth-order valence-electron chi connectivity index (χ4n) is 4.09. The van der Waals surface area contributed by atoms with Crippen molar-refractivity contribution in [1.29, 1.82) is 0 Å². The predicted molar refractivity (Wildman–Crippen MR) is 114 cm³/mol. The molecule has 2 amide bonds. The molecule has 8 nitrogen and oxygen atoms in total. The van der Waals surface area contributed by atoms with E-state index in [1.807, 2.05) is 36.2 Å². The maximum Gasteiger partial charge on any atom is 0.321 e. The Morgan fingerprint density at radius 3 is 2.34 bits per heavy atom. The van der Waals surface area contributed by atoms with Gasteiger partial charge in [0.25, 0.3) is 0 Å². The van der Waals surface area contributed by atoms with E-state index < -0.39 is 0 Å². The summed E-state index contributed by atoms with van der Waals surface area (Å²) in [6.45, 7) is 7.50. The highest BCUT2D eigenvalue weighted by molar-refractivity contribution is 5.89. The molecular weight excluding hydrogens is 366 g/mol. The average Bonchev–Trinajstić information content (AvgIpc) is 3.17.